The second kappa shape index (κ2) is 7.28. The molecule has 2 aromatic rings. The van der Waals surface area contributed by atoms with Gasteiger partial charge in [-0.05, 0) is 41.7 Å². The molecule has 2 nitrogen and oxygen atoms in total. The maximum Gasteiger partial charge on any atom is 0.311 e. The van der Waals surface area contributed by atoms with Crippen molar-refractivity contribution in [3.8, 4) is 5.75 Å². The van der Waals surface area contributed by atoms with Crippen molar-refractivity contribution in [2.24, 2.45) is 0 Å². The summed E-state index contributed by atoms with van der Waals surface area (Å²) in [5, 5.41) is 0.560. The first kappa shape index (κ1) is 15.6. The van der Waals surface area contributed by atoms with E-state index in [1.165, 1.54) is 5.56 Å². The normalized spacial score (nSPS) is 10.7. The van der Waals surface area contributed by atoms with E-state index in [9.17, 15) is 4.79 Å². The molecular weight excluding hydrogens is 284 g/mol. The summed E-state index contributed by atoms with van der Waals surface area (Å²) in [6, 6.07) is 15.2. The van der Waals surface area contributed by atoms with Crippen molar-refractivity contribution in [2.75, 3.05) is 0 Å². The van der Waals surface area contributed by atoms with Crippen LogP contribution in [0.3, 0.4) is 0 Å². The first-order valence-electron chi connectivity index (χ1n) is 7.09. The molecule has 0 spiro atoms. The number of hydrogen-bond acceptors (Lipinski definition) is 2. The van der Waals surface area contributed by atoms with Crippen molar-refractivity contribution in [3.05, 3.63) is 64.7 Å². The summed E-state index contributed by atoms with van der Waals surface area (Å²) in [6.07, 6.45) is 1.03. The minimum absolute atomic E-state index is 0.245. The number of hydrogen-bond donors (Lipinski definition) is 0. The average Bonchev–Trinajstić information content (AvgIpc) is 2.45. The first-order valence-corrected chi connectivity index (χ1v) is 7.47. The van der Waals surface area contributed by atoms with Gasteiger partial charge in [-0.25, -0.2) is 0 Å². The number of aryl methyl sites for hydroxylation is 1. The van der Waals surface area contributed by atoms with E-state index in [0.29, 0.717) is 29.5 Å². The van der Waals surface area contributed by atoms with Crippen LogP contribution in [-0.2, 0) is 11.2 Å². The van der Waals surface area contributed by atoms with E-state index in [1.54, 1.807) is 24.3 Å². The summed E-state index contributed by atoms with van der Waals surface area (Å²) < 4.78 is 5.26. The topological polar surface area (TPSA) is 26.3 Å². The van der Waals surface area contributed by atoms with Crippen molar-refractivity contribution in [3.63, 3.8) is 0 Å². The van der Waals surface area contributed by atoms with Crippen LogP contribution in [0, 0.1) is 0 Å². The lowest BCUT2D eigenvalue weighted by atomic mass is 10.0. The molecule has 110 valence electrons. The highest BCUT2D eigenvalue weighted by Gasteiger charge is 2.06. The summed E-state index contributed by atoms with van der Waals surface area (Å²) in [7, 11) is 0. The molecule has 0 saturated heterocycles. The van der Waals surface area contributed by atoms with Crippen LogP contribution in [0.5, 0.6) is 5.75 Å². The maximum atomic E-state index is 11.8. The summed E-state index contributed by atoms with van der Waals surface area (Å²) in [5.74, 6) is 0.764. The molecule has 0 atom stereocenters. The Kier molecular flexibility index (Phi) is 5.40. The van der Waals surface area contributed by atoms with E-state index >= 15 is 0 Å². The SMILES string of the molecule is CC(C)c1ccc(CCC(=O)Oc2cccc(Cl)c2)cc1. The van der Waals surface area contributed by atoms with E-state index in [2.05, 4.69) is 38.1 Å². The standard InChI is InChI=1S/C18H19ClO2/c1-13(2)15-9-6-14(7-10-15)8-11-18(20)21-17-5-3-4-16(19)12-17/h3-7,9-10,12-13H,8,11H2,1-2H3. The van der Waals surface area contributed by atoms with E-state index in [1.807, 2.05) is 0 Å². The van der Waals surface area contributed by atoms with Gasteiger partial charge in [0.25, 0.3) is 0 Å². The molecule has 2 aromatic carbocycles. The van der Waals surface area contributed by atoms with Gasteiger partial charge in [-0.15, -0.1) is 0 Å². The van der Waals surface area contributed by atoms with Gasteiger partial charge in [0, 0.05) is 11.4 Å². The number of carbonyl (C=O) groups excluding carboxylic acids is 1. The predicted molar refractivity (Wildman–Crippen MR) is 85.9 cm³/mol. The fraction of sp³-hybridized carbons (Fsp3) is 0.278. The summed E-state index contributed by atoms with van der Waals surface area (Å²) in [5.41, 5.74) is 2.45. The fourth-order valence-corrected chi connectivity index (χ4v) is 2.21. The number of rotatable bonds is 5. The molecule has 0 N–H and O–H groups in total. The zero-order valence-corrected chi connectivity index (χ0v) is 13.1. The van der Waals surface area contributed by atoms with Gasteiger partial charge in [-0.1, -0.05) is 55.8 Å². The molecule has 2 rings (SSSR count). The first-order chi connectivity index (χ1) is 10.0. The third-order valence-electron chi connectivity index (χ3n) is 3.29. The molecule has 0 bridgehead atoms. The molecule has 0 aliphatic rings. The van der Waals surface area contributed by atoms with Gasteiger partial charge in [0.2, 0.25) is 0 Å². The Balaban J connectivity index is 1.86. The molecule has 0 aliphatic carbocycles. The average molecular weight is 303 g/mol. The smallest absolute Gasteiger partial charge is 0.311 e. The Morgan fingerprint density at radius 2 is 1.86 bits per heavy atom. The van der Waals surface area contributed by atoms with E-state index in [0.717, 1.165) is 5.56 Å². The zero-order chi connectivity index (χ0) is 15.2. The summed E-state index contributed by atoms with van der Waals surface area (Å²) in [4.78, 5) is 11.8. The Hall–Kier alpha value is -1.80. The monoisotopic (exact) mass is 302 g/mol. The number of halogens is 1. The van der Waals surface area contributed by atoms with Gasteiger partial charge < -0.3 is 4.74 Å². The molecule has 0 saturated carbocycles. The van der Waals surface area contributed by atoms with Crippen LogP contribution in [0.25, 0.3) is 0 Å². The molecule has 0 amide bonds. The Morgan fingerprint density at radius 1 is 1.14 bits per heavy atom. The van der Waals surface area contributed by atoms with Crippen LogP contribution in [0.2, 0.25) is 5.02 Å². The third kappa shape index (κ3) is 4.91. The lowest BCUT2D eigenvalue weighted by molar-refractivity contribution is -0.134. The number of carbonyl (C=O) groups is 1. The lowest BCUT2D eigenvalue weighted by Gasteiger charge is -2.07. The van der Waals surface area contributed by atoms with Gasteiger partial charge in [0.1, 0.15) is 5.75 Å². The molecule has 0 aliphatic heterocycles. The van der Waals surface area contributed by atoms with Crippen LogP contribution in [0.15, 0.2) is 48.5 Å². The van der Waals surface area contributed by atoms with Crippen LogP contribution in [-0.4, -0.2) is 5.97 Å². The van der Waals surface area contributed by atoms with Gasteiger partial charge in [0.05, 0.1) is 0 Å². The summed E-state index contributed by atoms with van der Waals surface area (Å²) in [6.45, 7) is 4.33. The Morgan fingerprint density at radius 3 is 2.48 bits per heavy atom. The highest BCUT2D eigenvalue weighted by molar-refractivity contribution is 6.30. The second-order valence-electron chi connectivity index (χ2n) is 5.33. The van der Waals surface area contributed by atoms with Crippen LogP contribution >= 0.6 is 11.6 Å². The molecule has 0 fully saturated rings. The fourth-order valence-electron chi connectivity index (χ4n) is 2.03. The number of benzene rings is 2. The Bertz CT molecular complexity index is 603. The van der Waals surface area contributed by atoms with Crippen molar-refractivity contribution < 1.29 is 9.53 Å². The minimum Gasteiger partial charge on any atom is -0.426 e. The van der Waals surface area contributed by atoms with E-state index in [-0.39, 0.29) is 5.97 Å². The second-order valence-corrected chi connectivity index (χ2v) is 5.76. The summed E-state index contributed by atoms with van der Waals surface area (Å²) >= 11 is 5.85. The number of esters is 1. The highest BCUT2D eigenvalue weighted by Crippen LogP contribution is 2.18. The quantitative estimate of drug-likeness (QED) is 0.574. The third-order valence-corrected chi connectivity index (χ3v) is 3.53. The Labute approximate surface area is 130 Å². The van der Waals surface area contributed by atoms with Crippen LogP contribution in [0.4, 0.5) is 0 Å². The molecule has 3 heteroatoms. The molecule has 0 heterocycles. The van der Waals surface area contributed by atoms with E-state index < -0.39 is 0 Å². The van der Waals surface area contributed by atoms with Crippen LogP contribution < -0.4 is 4.74 Å². The van der Waals surface area contributed by atoms with Gasteiger partial charge in [-0.2, -0.15) is 0 Å². The van der Waals surface area contributed by atoms with Crippen LogP contribution in [0.1, 0.15) is 37.3 Å². The van der Waals surface area contributed by atoms with Crippen molar-refractivity contribution in [2.45, 2.75) is 32.6 Å². The van der Waals surface area contributed by atoms with Crippen molar-refractivity contribution in [1.29, 1.82) is 0 Å². The van der Waals surface area contributed by atoms with Crippen molar-refractivity contribution in [1.82, 2.24) is 0 Å². The molecule has 21 heavy (non-hydrogen) atoms. The largest absolute Gasteiger partial charge is 0.426 e. The zero-order valence-electron chi connectivity index (χ0n) is 12.3. The molecule has 0 unspecified atom stereocenters. The molecule has 0 radical (unpaired) electrons. The maximum absolute atomic E-state index is 11.8. The van der Waals surface area contributed by atoms with Gasteiger partial charge >= 0.3 is 5.97 Å². The van der Waals surface area contributed by atoms with Gasteiger partial charge in [-0.3, -0.25) is 4.79 Å². The highest BCUT2D eigenvalue weighted by atomic mass is 35.5. The van der Waals surface area contributed by atoms with Crippen molar-refractivity contribution >= 4 is 17.6 Å². The number of ether oxygens (including phenoxy) is 1. The lowest BCUT2D eigenvalue weighted by Crippen LogP contribution is -2.09. The molecular formula is C18H19ClO2. The minimum atomic E-state index is -0.245. The predicted octanol–water partition coefficient (Wildman–Crippen LogP) is 5.00. The molecule has 0 aromatic heterocycles. The van der Waals surface area contributed by atoms with Gasteiger partial charge in [0.15, 0.2) is 0 Å². The van der Waals surface area contributed by atoms with E-state index in [4.69, 9.17) is 16.3 Å².